The molecule has 0 aromatic heterocycles. The fourth-order valence-corrected chi connectivity index (χ4v) is 4.45. The Balaban J connectivity index is 1.52. The third-order valence-corrected chi connectivity index (χ3v) is 5.99. The molecule has 1 atom stereocenters. The minimum atomic E-state index is -1.43. The summed E-state index contributed by atoms with van der Waals surface area (Å²) in [5.41, 5.74) is 0.726. The van der Waals surface area contributed by atoms with Crippen molar-refractivity contribution >= 4 is 23.5 Å². The van der Waals surface area contributed by atoms with Crippen LogP contribution < -0.4 is 4.90 Å². The van der Waals surface area contributed by atoms with E-state index in [0.717, 1.165) is 18.4 Å². The summed E-state index contributed by atoms with van der Waals surface area (Å²) in [6.07, 6.45) is 2.01. The standard InChI is InChI=1S/C23H19N3O4/c24-13-15-5-7-16(8-6-15)14-30-22(29)23-12-11-20(27)26(23)19-4-2-1-3-18(19)21(28)25(23)17-9-10-17/h1-8,17H,9-12,14H2/t23-/m0/s1. The van der Waals surface area contributed by atoms with Gasteiger partial charge in [0.2, 0.25) is 11.6 Å². The molecule has 0 spiro atoms. The molecule has 2 heterocycles. The van der Waals surface area contributed by atoms with Crippen LogP contribution in [-0.2, 0) is 20.9 Å². The van der Waals surface area contributed by atoms with E-state index >= 15 is 0 Å². The maximum absolute atomic E-state index is 13.5. The second-order valence-corrected chi connectivity index (χ2v) is 7.85. The van der Waals surface area contributed by atoms with Crippen LogP contribution in [0.2, 0.25) is 0 Å². The molecule has 30 heavy (non-hydrogen) atoms. The van der Waals surface area contributed by atoms with Gasteiger partial charge in [0.05, 0.1) is 22.9 Å². The second-order valence-electron chi connectivity index (χ2n) is 7.85. The number of rotatable bonds is 4. The van der Waals surface area contributed by atoms with E-state index in [1.807, 2.05) is 6.07 Å². The lowest BCUT2D eigenvalue weighted by Gasteiger charge is -2.48. The number of ether oxygens (including phenoxy) is 1. The topological polar surface area (TPSA) is 90.7 Å². The summed E-state index contributed by atoms with van der Waals surface area (Å²) in [4.78, 5) is 42.8. The molecule has 7 heteroatoms. The minimum absolute atomic E-state index is 0.00265. The lowest BCUT2D eigenvalue weighted by atomic mass is 9.96. The van der Waals surface area contributed by atoms with E-state index in [1.165, 1.54) is 4.90 Å². The molecular formula is C23H19N3O4. The summed E-state index contributed by atoms with van der Waals surface area (Å²) in [5, 5.41) is 8.93. The average molecular weight is 401 g/mol. The van der Waals surface area contributed by atoms with Gasteiger partial charge >= 0.3 is 5.97 Å². The zero-order chi connectivity index (χ0) is 20.9. The predicted octanol–water partition coefficient (Wildman–Crippen LogP) is 2.74. The summed E-state index contributed by atoms with van der Waals surface area (Å²) in [6.45, 7) is 0.00265. The first-order valence-electron chi connectivity index (χ1n) is 9.98. The summed E-state index contributed by atoms with van der Waals surface area (Å²) in [6, 6.07) is 15.7. The highest BCUT2D eigenvalue weighted by Crippen LogP contribution is 2.49. The largest absolute Gasteiger partial charge is 0.458 e. The fourth-order valence-electron chi connectivity index (χ4n) is 4.45. The molecule has 2 amide bonds. The van der Waals surface area contributed by atoms with E-state index in [4.69, 9.17) is 10.00 Å². The van der Waals surface area contributed by atoms with Crippen LogP contribution in [0.25, 0.3) is 0 Å². The Morgan fingerprint density at radius 3 is 2.57 bits per heavy atom. The number of nitrogens with zero attached hydrogens (tertiary/aromatic N) is 3. The van der Waals surface area contributed by atoms with Gasteiger partial charge in [-0.25, -0.2) is 4.79 Å². The number of hydrogen-bond donors (Lipinski definition) is 0. The molecule has 1 saturated heterocycles. The van der Waals surface area contributed by atoms with Crippen LogP contribution in [-0.4, -0.2) is 34.4 Å². The first-order chi connectivity index (χ1) is 14.6. The number of carbonyl (C=O) groups is 3. The molecule has 7 nitrogen and oxygen atoms in total. The van der Waals surface area contributed by atoms with Crippen molar-refractivity contribution in [1.29, 1.82) is 5.26 Å². The molecule has 1 saturated carbocycles. The maximum Gasteiger partial charge on any atom is 0.354 e. The van der Waals surface area contributed by atoms with Gasteiger partial charge in [-0.3, -0.25) is 14.5 Å². The van der Waals surface area contributed by atoms with Crippen molar-refractivity contribution in [2.24, 2.45) is 0 Å². The number of benzene rings is 2. The van der Waals surface area contributed by atoms with Crippen molar-refractivity contribution in [2.45, 2.75) is 44.0 Å². The predicted molar refractivity (Wildman–Crippen MR) is 106 cm³/mol. The number of carbonyl (C=O) groups excluding carboxylic acids is 3. The van der Waals surface area contributed by atoms with E-state index in [9.17, 15) is 14.4 Å². The number of hydrogen-bond acceptors (Lipinski definition) is 5. The van der Waals surface area contributed by atoms with Gasteiger partial charge in [-0.1, -0.05) is 24.3 Å². The quantitative estimate of drug-likeness (QED) is 0.735. The number of para-hydroxylation sites is 1. The molecule has 2 aromatic carbocycles. The molecule has 0 radical (unpaired) electrons. The Labute approximate surface area is 173 Å². The van der Waals surface area contributed by atoms with Gasteiger partial charge in [-0.2, -0.15) is 5.26 Å². The highest BCUT2D eigenvalue weighted by molar-refractivity contribution is 6.15. The summed E-state index contributed by atoms with van der Waals surface area (Å²) >= 11 is 0. The number of nitriles is 1. The van der Waals surface area contributed by atoms with E-state index in [1.54, 1.807) is 53.4 Å². The van der Waals surface area contributed by atoms with Gasteiger partial charge < -0.3 is 9.64 Å². The van der Waals surface area contributed by atoms with E-state index in [0.29, 0.717) is 16.8 Å². The smallest absolute Gasteiger partial charge is 0.354 e. The monoisotopic (exact) mass is 401 g/mol. The highest BCUT2D eigenvalue weighted by Gasteiger charge is 2.64. The minimum Gasteiger partial charge on any atom is -0.458 e. The Bertz CT molecular complexity index is 1100. The average Bonchev–Trinajstić information content (AvgIpc) is 3.55. The molecule has 0 unspecified atom stereocenters. The molecule has 3 aliphatic rings. The van der Waals surface area contributed by atoms with Crippen molar-refractivity contribution in [2.75, 3.05) is 4.90 Å². The van der Waals surface area contributed by atoms with Crippen LogP contribution in [0.4, 0.5) is 5.69 Å². The Morgan fingerprint density at radius 2 is 1.87 bits per heavy atom. The number of esters is 1. The van der Waals surface area contributed by atoms with Crippen LogP contribution in [0.15, 0.2) is 48.5 Å². The van der Waals surface area contributed by atoms with E-state index < -0.39 is 11.6 Å². The SMILES string of the molecule is N#Cc1ccc(COC(=O)[C@]23CCC(=O)N2c2ccccc2C(=O)N3C2CC2)cc1. The summed E-state index contributed by atoms with van der Waals surface area (Å²) in [7, 11) is 0. The lowest BCUT2D eigenvalue weighted by molar-refractivity contribution is -0.159. The lowest BCUT2D eigenvalue weighted by Crippen LogP contribution is -2.69. The van der Waals surface area contributed by atoms with Crippen molar-refractivity contribution in [3.05, 3.63) is 65.2 Å². The first-order valence-corrected chi connectivity index (χ1v) is 9.98. The number of amides is 2. The molecular weight excluding hydrogens is 382 g/mol. The van der Waals surface area contributed by atoms with Crippen LogP contribution in [0.1, 0.15) is 47.2 Å². The fraction of sp³-hybridized carbons (Fsp3) is 0.304. The molecule has 5 rings (SSSR count). The molecule has 0 bridgehead atoms. The molecule has 2 fully saturated rings. The second kappa shape index (κ2) is 6.70. The van der Waals surface area contributed by atoms with Gasteiger partial charge in [0.25, 0.3) is 5.91 Å². The van der Waals surface area contributed by atoms with Crippen molar-refractivity contribution < 1.29 is 19.1 Å². The van der Waals surface area contributed by atoms with Crippen LogP contribution >= 0.6 is 0 Å². The first kappa shape index (κ1) is 18.4. The molecule has 2 aliphatic heterocycles. The zero-order valence-electron chi connectivity index (χ0n) is 16.2. The van der Waals surface area contributed by atoms with Crippen molar-refractivity contribution in [3.8, 4) is 6.07 Å². The van der Waals surface area contributed by atoms with Gasteiger partial charge in [-0.15, -0.1) is 0 Å². The highest BCUT2D eigenvalue weighted by atomic mass is 16.5. The Morgan fingerprint density at radius 1 is 1.13 bits per heavy atom. The van der Waals surface area contributed by atoms with Crippen molar-refractivity contribution in [1.82, 2.24) is 4.90 Å². The van der Waals surface area contributed by atoms with Crippen LogP contribution in [0, 0.1) is 11.3 Å². The van der Waals surface area contributed by atoms with E-state index in [2.05, 4.69) is 0 Å². The third-order valence-electron chi connectivity index (χ3n) is 5.99. The van der Waals surface area contributed by atoms with E-state index in [-0.39, 0.29) is 37.3 Å². The third kappa shape index (κ3) is 2.61. The van der Waals surface area contributed by atoms with Gasteiger partial charge in [0.1, 0.15) is 6.61 Å². The van der Waals surface area contributed by atoms with Crippen LogP contribution in [0.3, 0.4) is 0 Å². The normalized spacial score (nSPS) is 22.4. The van der Waals surface area contributed by atoms with Gasteiger partial charge in [0, 0.05) is 18.9 Å². The maximum atomic E-state index is 13.5. The summed E-state index contributed by atoms with van der Waals surface area (Å²) in [5.74, 6) is -1.00. The summed E-state index contributed by atoms with van der Waals surface area (Å²) < 4.78 is 5.66. The molecule has 1 aliphatic carbocycles. The van der Waals surface area contributed by atoms with Gasteiger partial charge in [-0.05, 0) is 42.7 Å². The van der Waals surface area contributed by atoms with Crippen molar-refractivity contribution in [3.63, 3.8) is 0 Å². The van der Waals surface area contributed by atoms with Crippen LogP contribution in [0.5, 0.6) is 0 Å². The molecule has 0 N–H and O–H groups in total. The number of fused-ring (bicyclic) bond motifs is 3. The number of anilines is 1. The Hall–Kier alpha value is -3.66. The molecule has 2 aromatic rings. The Kier molecular flexibility index (Phi) is 4.10. The van der Waals surface area contributed by atoms with Gasteiger partial charge in [0.15, 0.2) is 0 Å². The molecule has 150 valence electrons. The zero-order valence-corrected chi connectivity index (χ0v) is 16.2.